The lowest BCUT2D eigenvalue weighted by Crippen LogP contribution is -2.27. The highest BCUT2D eigenvalue weighted by molar-refractivity contribution is 6.04. The Balaban J connectivity index is 1.64. The van der Waals surface area contributed by atoms with Crippen LogP contribution in [0, 0.1) is 20.8 Å². The van der Waals surface area contributed by atoms with Crippen molar-refractivity contribution in [2.75, 3.05) is 7.05 Å². The summed E-state index contributed by atoms with van der Waals surface area (Å²) in [5.41, 5.74) is 6.54. The van der Waals surface area contributed by atoms with E-state index in [0.29, 0.717) is 12.2 Å². The zero-order valence-electron chi connectivity index (χ0n) is 16.5. The molecule has 2 heterocycles. The second kappa shape index (κ2) is 6.96. The minimum Gasteiger partial charge on any atom is -0.336 e. The molecule has 0 atom stereocenters. The van der Waals surface area contributed by atoms with Gasteiger partial charge in [-0.25, -0.2) is 4.68 Å². The molecule has 0 bridgehead atoms. The van der Waals surface area contributed by atoms with Crippen molar-refractivity contribution in [1.82, 2.24) is 24.9 Å². The van der Waals surface area contributed by atoms with Crippen LogP contribution in [-0.4, -0.2) is 37.8 Å². The molecular weight excluding hydrogens is 350 g/mol. The first kappa shape index (κ1) is 18.0. The zero-order valence-corrected chi connectivity index (χ0v) is 16.5. The Bertz CT molecular complexity index is 1170. The molecule has 0 saturated heterocycles. The lowest BCUT2D eigenvalue weighted by Gasteiger charge is -2.17. The number of aromatic amines is 1. The zero-order chi connectivity index (χ0) is 19.8. The van der Waals surface area contributed by atoms with Crippen molar-refractivity contribution in [1.29, 1.82) is 0 Å². The minimum atomic E-state index is -0.111. The third-order valence-electron chi connectivity index (χ3n) is 5.20. The Morgan fingerprint density at radius 1 is 1.07 bits per heavy atom. The van der Waals surface area contributed by atoms with E-state index in [1.54, 1.807) is 11.9 Å². The second-order valence-electron chi connectivity index (χ2n) is 7.13. The Morgan fingerprint density at radius 2 is 1.79 bits per heavy atom. The van der Waals surface area contributed by atoms with Crippen molar-refractivity contribution < 1.29 is 4.79 Å². The molecule has 6 heteroatoms. The predicted molar refractivity (Wildman–Crippen MR) is 110 cm³/mol. The number of benzene rings is 2. The quantitative estimate of drug-likeness (QED) is 0.589. The highest BCUT2D eigenvalue weighted by atomic mass is 16.2. The van der Waals surface area contributed by atoms with Crippen LogP contribution in [0.1, 0.15) is 33.0 Å². The van der Waals surface area contributed by atoms with Crippen LogP contribution in [0.3, 0.4) is 0 Å². The molecule has 0 radical (unpaired) electrons. The number of H-pyrrole nitrogens is 1. The van der Waals surface area contributed by atoms with E-state index < -0.39 is 0 Å². The van der Waals surface area contributed by atoms with E-state index in [1.807, 2.05) is 54.9 Å². The number of carbonyl (C=O) groups excluding carboxylic acids is 1. The average Bonchev–Trinajstić information content (AvgIpc) is 3.24. The number of aryl methyl sites for hydroxylation is 2. The maximum Gasteiger partial charge on any atom is 0.275 e. The van der Waals surface area contributed by atoms with E-state index in [0.717, 1.165) is 39.1 Å². The molecule has 0 spiro atoms. The summed E-state index contributed by atoms with van der Waals surface area (Å²) in [5, 5.41) is 12.7. The number of nitrogens with one attached hydrogen (secondary N) is 1. The number of carbonyl (C=O) groups is 1. The fraction of sp³-hybridized carbons (Fsp3) is 0.227. The number of hydrogen-bond acceptors (Lipinski definition) is 3. The fourth-order valence-electron chi connectivity index (χ4n) is 3.56. The number of nitrogens with zero attached hydrogens (tertiary/aromatic N) is 4. The smallest absolute Gasteiger partial charge is 0.275 e. The van der Waals surface area contributed by atoms with Gasteiger partial charge >= 0.3 is 0 Å². The number of fused-ring (bicyclic) bond motifs is 1. The SMILES string of the molecule is Cc1ccccc1-n1nc(C)c(CN(C)C(=O)c2n[nH]c3ccccc23)c1C. The monoisotopic (exact) mass is 373 g/mol. The molecule has 0 fully saturated rings. The van der Waals surface area contributed by atoms with Crippen LogP contribution in [0.4, 0.5) is 0 Å². The van der Waals surface area contributed by atoms with Crippen molar-refractivity contribution in [3.05, 3.63) is 76.7 Å². The summed E-state index contributed by atoms with van der Waals surface area (Å²) in [6.45, 7) is 6.58. The molecule has 0 saturated carbocycles. The third-order valence-corrected chi connectivity index (χ3v) is 5.20. The standard InChI is InChI=1S/C22H23N5O/c1-14-9-5-8-12-20(14)27-16(3)18(15(2)25-27)13-26(4)22(28)21-17-10-6-7-11-19(17)23-24-21/h5-12H,13H2,1-4H3,(H,23,24). The number of hydrogen-bond donors (Lipinski definition) is 1. The van der Waals surface area contributed by atoms with Crippen LogP contribution in [0.5, 0.6) is 0 Å². The summed E-state index contributed by atoms with van der Waals surface area (Å²) in [5.74, 6) is -0.111. The first-order valence-corrected chi connectivity index (χ1v) is 9.27. The van der Waals surface area contributed by atoms with Gasteiger partial charge < -0.3 is 4.90 Å². The van der Waals surface area contributed by atoms with Gasteiger partial charge in [-0.1, -0.05) is 36.4 Å². The summed E-state index contributed by atoms with van der Waals surface area (Å²) >= 11 is 0. The van der Waals surface area contributed by atoms with Crippen LogP contribution < -0.4 is 0 Å². The summed E-state index contributed by atoms with van der Waals surface area (Å²) in [6.07, 6.45) is 0. The van der Waals surface area contributed by atoms with Crippen molar-refractivity contribution in [2.24, 2.45) is 0 Å². The van der Waals surface area contributed by atoms with Gasteiger partial charge in [0.2, 0.25) is 0 Å². The van der Waals surface area contributed by atoms with E-state index in [-0.39, 0.29) is 5.91 Å². The molecule has 4 rings (SSSR count). The van der Waals surface area contributed by atoms with Crippen molar-refractivity contribution in [3.63, 3.8) is 0 Å². The van der Waals surface area contributed by atoms with Crippen LogP contribution in [-0.2, 0) is 6.54 Å². The third kappa shape index (κ3) is 2.97. The molecule has 1 amide bonds. The van der Waals surface area contributed by atoms with Gasteiger partial charge in [-0.2, -0.15) is 10.2 Å². The van der Waals surface area contributed by atoms with Crippen LogP contribution in [0.2, 0.25) is 0 Å². The summed E-state index contributed by atoms with van der Waals surface area (Å²) in [7, 11) is 1.80. The summed E-state index contributed by atoms with van der Waals surface area (Å²) in [6, 6.07) is 15.8. The van der Waals surface area contributed by atoms with Gasteiger partial charge in [0.1, 0.15) is 0 Å². The molecular formula is C22H23N5O. The molecule has 142 valence electrons. The maximum absolute atomic E-state index is 13.0. The van der Waals surface area contributed by atoms with Crippen LogP contribution >= 0.6 is 0 Å². The molecule has 0 aliphatic carbocycles. The molecule has 28 heavy (non-hydrogen) atoms. The molecule has 2 aromatic carbocycles. The second-order valence-corrected chi connectivity index (χ2v) is 7.13. The van der Waals surface area contributed by atoms with E-state index in [2.05, 4.69) is 29.3 Å². The predicted octanol–water partition coefficient (Wildman–Crippen LogP) is 3.95. The largest absolute Gasteiger partial charge is 0.336 e. The van der Waals surface area contributed by atoms with Crippen LogP contribution in [0.15, 0.2) is 48.5 Å². The molecule has 0 unspecified atom stereocenters. The van der Waals surface area contributed by atoms with Gasteiger partial charge in [0.25, 0.3) is 5.91 Å². The van der Waals surface area contributed by atoms with Gasteiger partial charge in [0.15, 0.2) is 5.69 Å². The number of rotatable bonds is 4. The lowest BCUT2D eigenvalue weighted by molar-refractivity contribution is 0.0781. The average molecular weight is 373 g/mol. The van der Waals surface area contributed by atoms with Gasteiger partial charge in [-0.05, 0) is 38.5 Å². The lowest BCUT2D eigenvalue weighted by atomic mass is 10.1. The molecule has 4 aromatic rings. The van der Waals surface area contributed by atoms with E-state index in [9.17, 15) is 4.79 Å². The number of amides is 1. The summed E-state index contributed by atoms with van der Waals surface area (Å²) < 4.78 is 1.96. The minimum absolute atomic E-state index is 0.111. The molecule has 0 aliphatic heterocycles. The Labute approximate surface area is 163 Å². The van der Waals surface area contributed by atoms with Crippen LogP contribution in [0.25, 0.3) is 16.6 Å². The fourth-order valence-corrected chi connectivity index (χ4v) is 3.56. The summed E-state index contributed by atoms with van der Waals surface area (Å²) in [4.78, 5) is 14.7. The van der Waals surface area contributed by atoms with Gasteiger partial charge in [0.05, 0.1) is 16.9 Å². The number of aromatic nitrogens is 4. The molecule has 1 N–H and O–H groups in total. The Morgan fingerprint density at radius 3 is 2.57 bits per heavy atom. The van der Waals surface area contributed by atoms with E-state index >= 15 is 0 Å². The van der Waals surface area contributed by atoms with E-state index in [4.69, 9.17) is 5.10 Å². The molecule has 6 nitrogen and oxygen atoms in total. The first-order chi connectivity index (χ1) is 13.5. The van der Waals surface area contributed by atoms with Crippen molar-refractivity contribution in [2.45, 2.75) is 27.3 Å². The van der Waals surface area contributed by atoms with E-state index in [1.165, 1.54) is 0 Å². The molecule has 2 aromatic heterocycles. The number of para-hydroxylation sites is 2. The van der Waals surface area contributed by atoms with Gasteiger partial charge in [-0.15, -0.1) is 0 Å². The Hall–Kier alpha value is -3.41. The van der Waals surface area contributed by atoms with Crippen molar-refractivity contribution in [3.8, 4) is 5.69 Å². The van der Waals surface area contributed by atoms with Crippen molar-refractivity contribution >= 4 is 16.8 Å². The Kier molecular flexibility index (Phi) is 4.47. The van der Waals surface area contributed by atoms with Gasteiger partial charge in [0, 0.05) is 30.2 Å². The topological polar surface area (TPSA) is 66.8 Å². The highest BCUT2D eigenvalue weighted by Gasteiger charge is 2.21. The normalized spacial score (nSPS) is 11.1. The first-order valence-electron chi connectivity index (χ1n) is 9.27. The molecule has 0 aliphatic rings. The van der Waals surface area contributed by atoms with Gasteiger partial charge in [-0.3, -0.25) is 9.89 Å². The highest BCUT2D eigenvalue weighted by Crippen LogP contribution is 2.23. The maximum atomic E-state index is 13.0.